The number of amides is 2. The van der Waals surface area contributed by atoms with Crippen LogP contribution in [0.4, 0.5) is 20.6 Å². The van der Waals surface area contributed by atoms with E-state index in [1.807, 2.05) is 0 Å². The lowest BCUT2D eigenvalue weighted by Gasteiger charge is -2.13. The number of benzene rings is 1. The Morgan fingerprint density at radius 1 is 1.45 bits per heavy atom. The molecule has 0 bridgehead atoms. The molecule has 0 aliphatic heterocycles. The van der Waals surface area contributed by atoms with Crippen molar-refractivity contribution in [2.45, 2.75) is 19.4 Å². The second kappa shape index (κ2) is 6.45. The lowest BCUT2D eigenvalue weighted by molar-refractivity contribution is -0.385. The van der Waals surface area contributed by atoms with Gasteiger partial charge in [-0.3, -0.25) is 10.1 Å². The topological polar surface area (TPSA) is 122 Å². The number of carbonyl (C=O) groups is 2. The number of rotatable bonds is 5. The third-order valence-corrected chi connectivity index (χ3v) is 2.36. The van der Waals surface area contributed by atoms with Gasteiger partial charge in [0.15, 0.2) is 0 Å². The number of nitrogens with one attached hydrogen (secondary N) is 2. The van der Waals surface area contributed by atoms with Gasteiger partial charge in [-0.05, 0) is 12.5 Å². The van der Waals surface area contributed by atoms with E-state index in [0.717, 1.165) is 12.1 Å². The van der Waals surface area contributed by atoms with Gasteiger partial charge >= 0.3 is 12.0 Å². The zero-order chi connectivity index (χ0) is 15.3. The number of anilines is 1. The molecule has 0 aromatic heterocycles. The number of carboxylic acid groups (broad SMARTS) is 1. The van der Waals surface area contributed by atoms with Crippen LogP contribution in [0.3, 0.4) is 0 Å². The SMILES string of the molecule is CC[C@H](NC(=O)Nc1cc(F)cc([N+](=O)[O-])c1)C(=O)O. The fraction of sp³-hybridized carbons (Fsp3) is 0.273. The molecule has 8 nitrogen and oxygen atoms in total. The summed E-state index contributed by atoms with van der Waals surface area (Å²) in [6.07, 6.45) is 0.159. The smallest absolute Gasteiger partial charge is 0.326 e. The molecule has 1 atom stereocenters. The van der Waals surface area contributed by atoms with E-state index in [1.165, 1.54) is 0 Å². The third kappa shape index (κ3) is 4.19. The highest BCUT2D eigenvalue weighted by Gasteiger charge is 2.18. The van der Waals surface area contributed by atoms with E-state index in [2.05, 4.69) is 10.6 Å². The maximum absolute atomic E-state index is 13.1. The maximum Gasteiger partial charge on any atom is 0.326 e. The summed E-state index contributed by atoms with van der Waals surface area (Å²) in [5.74, 6) is -2.10. The molecule has 9 heteroatoms. The van der Waals surface area contributed by atoms with E-state index in [1.54, 1.807) is 6.92 Å². The molecule has 0 aliphatic rings. The van der Waals surface area contributed by atoms with Crippen molar-refractivity contribution in [2.75, 3.05) is 5.32 Å². The Bertz CT molecular complexity index is 549. The Morgan fingerprint density at radius 2 is 2.10 bits per heavy atom. The van der Waals surface area contributed by atoms with Crippen LogP contribution in [-0.4, -0.2) is 28.1 Å². The Hall–Kier alpha value is -2.71. The van der Waals surface area contributed by atoms with Crippen molar-refractivity contribution in [1.82, 2.24) is 5.32 Å². The van der Waals surface area contributed by atoms with Crippen molar-refractivity contribution in [1.29, 1.82) is 0 Å². The molecule has 20 heavy (non-hydrogen) atoms. The summed E-state index contributed by atoms with van der Waals surface area (Å²) >= 11 is 0. The molecule has 0 aliphatic carbocycles. The number of hydrogen-bond acceptors (Lipinski definition) is 4. The molecule has 0 fully saturated rings. The maximum atomic E-state index is 13.1. The Balaban J connectivity index is 2.80. The summed E-state index contributed by atoms with van der Waals surface area (Å²) in [7, 11) is 0. The first-order valence-electron chi connectivity index (χ1n) is 5.58. The number of halogens is 1. The quantitative estimate of drug-likeness (QED) is 0.561. The number of nitro groups is 1. The number of aliphatic carboxylic acids is 1. The van der Waals surface area contributed by atoms with Crippen molar-refractivity contribution in [3.8, 4) is 0 Å². The van der Waals surface area contributed by atoms with Gasteiger partial charge in [-0.15, -0.1) is 0 Å². The normalized spacial score (nSPS) is 11.5. The number of nitro benzene ring substituents is 1. The van der Waals surface area contributed by atoms with Crippen LogP contribution in [0.15, 0.2) is 18.2 Å². The Kier molecular flexibility index (Phi) is 4.95. The van der Waals surface area contributed by atoms with Crippen LogP contribution in [0.25, 0.3) is 0 Å². The van der Waals surface area contributed by atoms with Gasteiger partial charge in [-0.1, -0.05) is 6.92 Å². The van der Waals surface area contributed by atoms with Gasteiger partial charge in [0.1, 0.15) is 11.9 Å². The monoisotopic (exact) mass is 285 g/mol. The van der Waals surface area contributed by atoms with Crippen LogP contribution in [0.1, 0.15) is 13.3 Å². The molecule has 108 valence electrons. The van der Waals surface area contributed by atoms with Gasteiger partial charge in [0.25, 0.3) is 5.69 Å². The summed E-state index contributed by atoms with van der Waals surface area (Å²) in [5.41, 5.74) is -0.667. The second-order valence-electron chi connectivity index (χ2n) is 3.85. The predicted octanol–water partition coefficient (Wildman–Crippen LogP) is 1.72. The van der Waals surface area contributed by atoms with E-state index < -0.39 is 34.5 Å². The van der Waals surface area contributed by atoms with Crippen LogP contribution in [0.5, 0.6) is 0 Å². The minimum absolute atomic E-state index is 0.144. The zero-order valence-electron chi connectivity index (χ0n) is 10.4. The highest BCUT2D eigenvalue weighted by atomic mass is 19.1. The Labute approximate surface area is 112 Å². The van der Waals surface area contributed by atoms with E-state index in [0.29, 0.717) is 6.07 Å². The highest BCUT2D eigenvalue weighted by Crippen LogP contribution is 2.19. The number of non-ortho nitro benzene ring substituents is 1. The van der Waals surface area contributed by atoms with E-state index in [-0.39, 0.29) is 12.1 Å². The minimum Gasteiger partial charge on any atom is -0.480 e. The molecule has 0 heterocycles. The van der Waals surface area contributed by atoms with Gasteiger partial charge in [0, 0.05) is 6.07 Å². The molecular weight excluding hydrogens is 273 g/mol. The summed E-state index contributed by atoms with van der Waals surface area (Å²) in [6, 6.07) is 0.561. The summed E-state index contributed by atoms with van der Waals surface area (Å²) in [5, 5.41) is 23.6. The largest absolute Gasteiger partial charge is 0.480 e. The van der Waals surface area contributed by atoms with E-state index >= 15 is 0 Å². The van der Waals surface area contributed by atoms with Crippen LogP contribution in [-0.2, 0) is 4.79 Å². The summed E-state index contributed by atoms with van der Waals surface area (Å²) < 4.78 is 13.1. The third-order valence-electron chi connectivity index (χ3n) is 2.36. The molecule has 0 saturated carbocycles. The average molecular weight is 285 g/mol. The Morgan fingerprint density at radius 3 is 2.60 bits per heavy atom. The first kappa shape index (κ1) is 15.3. The number of urea groups is 1. The molecule has 0 spiro atoms. The van der Waals surface area contributed by atoms with Crippen molar-refractivity contribution in [3.63, 3.8) is 0 Å². The molecule has 0 unspecified atom stereocenters. The number of carbonyl (C=O) groups excluding carboxylic acids is 1. The summed E-state index contributed by atoms with van der Waals surface area (Å²) in [6.45, 7) is 1.56. The van der Waals surface area contributed by atoms with Crippen molar-refractivity contribution in [2.24, 2.45) is 0 Å². The fourth-order valence-electron chi connectivity index (χ4n) is 1.42. The van der Waals surface area contributed by atoms with Crippen LogP contribution < -0.4 is 10.6 Å². The lowest BCUT2D eigenvalue weighted by Crippen LogP contribution is -2.42. The number of carboxylic acids is 1. The molecule has 0 radical (unpaired) electrons. The standard InChI is InChI=1S/C11H12FN3O5/c1-2-9(10(16)17)14-11(18)13-7-3-6(12)4-8(5-7)15(19)20/h3-5,9H,2H2,1H3,(H,16,17)(H2,13,14,18)/t9-/m0/s1. The first-order chi connectivity index (χ1) is 9.33. The highest BCUT2D eigenvalue weighted by molar-refractivity contribution is 5.92. The van der Waals surface area contributed by atoms with E-state index in [9.17, 15) is 24.1 Å². The molecule has 1 aromatic rings. The van der Waals surface area contributed by atoms with Crippen LogP contribution in [0.2, 0.25) is 0 Å². The number of hydrogen-bond donors (Lipinski definition) is 3. The molecular formula is C11H12FN3O5. The van der Waals surface area contributed by atoms with Gasteiger partial charge in [0.2, 0.25) is 0 Å². The van der Waals surface area contributed by atoms with Gasteiger partial charge in [0.05, 0.1) is 16.7 Å². The molecule has 1 aromatic carbocycles. The average Bonchev–Trinajstić information content (AvgIpc) is 2.34. The number of nitrogens with zero attached hydrogens (tertiary/aromatic N) is 1. The van der Waals surface area contributed by atoms with E-state index in [4.69, 9.17) is 5.11 Å². The van der Waals surface area contributed by atoms with Gasteiger partial charge in [-0.25, -0.2) is 14.0 Å². The van der Waals surface area contributed by atoms with Crippen molar-refractivity contribution >= 4 is 23.4 Å². The zero-order valence-corrected chi connectivity index (χ0v) is 10.4. The van der Waals surface area contributed by atoms with Gasteiger partial charge < -0.3 is 15.7 Å². The van der Waals surface area contributed by atoms with Crippen molar-refractivity contribution in [3.05, 3.63) is 34.1 Å². The van der Waals surface area contributed by atoms with Crippen LogP contribution >= 0.6 is 0 Å². The molecule has 0 saturated heterocycles. The fourth-order valence-corrected chi connectivity index (χ4v) is 1.42. The minimum atomic E-state index is -1.21. The molecule has 2 amide bonds. The molecule has 1 rings (SSSR count). The first-order valence-corrected chi connectivity index (χ1v) is 5.58. The molecule has 3 N–H and O–H groups in total. The summed E-state index contributed by atoms with van der Waals surface area (Å²) in [4.78, 5) is 32.0. The van der Waals surface area contributed by atoms with Crippen LogP contribution in [0, 0.1) is 15.9 Å². The van der Waals surface area contributed by atoms with Crippen molar-refractivity contribution < 1.29 is 24.0 Å². The van der Waals surface area contributed by atoms with Gasteiger partial charge in [-0.2, -0.15) is 0 Å². The predicted molar refractivity (Wildman–Crippen MR) is 66.9 cm³/mol. The second-order valence-corrected chi connectivity index (χ2v) is 3.85. The lowest BCUT2D eigenvalue weighted by atomic mass is 10.2.